The molecule has 36 heavy (non-hydrogen) atoms. The van der Waals surface area contributed by atoms with Crippen LogP contribution in [0.1, 0.15) is 99.6 Å². The minimum Gasteiger partial charge on any atom is -0.508 e. The number of nitrogens with one attached hydrogen (secondary N) is 2. The van der Waals surface area contributed by atoms with E-state index in [0.717, 1.165) is 19.3 Å². The molecule has 3 atom stereocenters. The van der Waals surface area contributed by atoms with Crippen LogP contribution in [-0.2, 0) is 14.3 Å². The minimum absolute atomic E-state index is 0.0755. The summed E-state index contributed by atoms with van der Waals surface area (Å²) in [5.74, 6) is -1.10. The number of phenols is 1. The highest BCUT2D eigenvalue weighted by Crippen LogP contribution is 2.35. The van der Waals surface area contributed by atoms with E-state index in [4.69, 9.17) is 4.74 Å². The van der Waals surface area contributed by atoms with Crippen molar-refractivity contribution >= 4 is 17.9 Å². The van der Waals surface area contributed by atoms with Crippen molar-refractivity contribution in [1.29, 1.82) is 0 Å². The third-order valence-corrected chi connectivity index (χ3v) is 5.93. The highest BCUT2D eigenvalue weighted by molar-refractivity contribution is 5.93. The number of para-hydroxylation sites is 1. The van der Waals surface area contributed by atoms with Gasteiger partial charge in [0.1, 0.15) is 23.4 Å². The van der Waals surface area contributed by atoms with E-state index in [9.17, 15) is 19.5 Å². The molecule has 0 aliphatic carbocycles. The molecule has 3 N–H and O–H groups in total. The van der Waals surface area contributed by atoms with Gasteiger partial charge in [0.25, 0.3) is 0 Å². The standard InChI is InChI=1S/C28H47N3O5/c1-10-12-15-18-29-24(33)23(20-16-13-14-17-21(20)32)31(27(4,5)6)25(34)22(19(3)11-2)30-26(35)36-28(7,8)9/h13-14,16-17,19,22-23,32H,10-12,15,18H2,1-9H3,(H,29,33)(H,30,35). The molecular weight excluding hydrogens is 458 g/mol. The van der Waals surface area contributed by atoms with Crippen LogP contribution in [0.2, 0.25) is 0 Å². The van der Waals surface area contributed by atoms with Gasteiger partial charge in [0.05, 0.1) is 0 Å². The predicted octanol–water partition coefficient (Wildman–Crippen LogP) is 5.31. The number of hydrogen-bond acceptors (Lipinski definition) is 5. The number of amides is 3. The molecule has 3 amide bonds. The second-order valence-corrected chi connectivity index (χ2v) is 11.3. The fourth-order valence-corrected chi connectivity index (χ4v) is 3.91. The lowest BCUT2D eigenvalue weighted by molar-refractivity contribution is -0.149. The lowest BCUT2D eigenvalue weighted by Crippen LogP contribution is -2.60. The SMILES string of the molecule is CCCCCNC(=O)C(c1ccccc1O)N(C(=O)C(NC(=O)OC(C)(C)C)C(C)CC)C(C)(C)C. The summed E-state index contributed by atoms with van der Waals surface area (Å²) in [6.45, 7) is 17.1. The summed E-state index contributed by atoms with van der Waals surface area (Å²) in [5, 5.41) is 16.4. The smallest absolute Gasteiger partial charge is 0.408 e. The van der Waals surface area contributed by atoms with E-state index in [2.05, 4.69) is 17.6 Å². The molecule has 0 aliphatic heterocycles. The summed E-state index contributed by atoms with van der Waals surface area (Å²) < 4.78 is 5.43. The van der Waals surface area contributed by atoms with Crippen molar-refractivity contribution in [2.45, 2.75) is 111 Å². The van der Waals surface area contributed by atoms with E-state index in [1.165, 1.54) is 11.0 Å². The number of hydrogen-bond donors (Lipinski definition) is 3. The Labute approximate surface area is 217 Å². The predicted molar refractivity (Wildman–Crippen MR) is 143 cm³/mol. The molecule has 8 nitrogen and oxygen atoms in total. The van der Waals surface area contributed by atoms with Gasteiger partial charge in [-0.3, -0.25) is 9.59 Å². The molecule has 204 valence electrons. The molecule has 1 rings (SSSR count). The number of carbonyl (C=O) groups is 3. The van der Waals surface area contributed by atoms with E-state index in [1.54, 1.807) is 39.0 Å². The normalized spacial score (nSPS) is 14.4. The Hall–Kier alpha value is -2.77. The Morgan fingerprint density at radius 3 is 2.14 bits per heavy atom. The Bertz CT molecular complexity index is 873. The van der Waals surface area contributed by atoms with Crippen LogP contribution in [0.4, 0.5) is 4.79 Å². The number of unbranched alkanes of at least 4 members (excludes halogenated alkanes) is 2. The maximum Gasteiger partial charge on any atom is 0.408 e. The summed E-state index contributed by atoms with van der Waals surface area (Å²) in [5.41, 5.74) is -1.21. The fraction of sp³-hybridized carbons (Fsp3) is 0.679. The summed E-state index contributed by atoms with van der Waals surface area (Å²) >= 11 is 0. The van der Waals surface area contributed by atoms with Crippen molar-refractivity contribution in [2.75, 3.05) is 6.54 Å². The van der Waals surface area contributed by atoms with Gasteiger partial charge in [-0.2, -0.15) is 0 Å². The summed E-state index contributed by atoms with van der Waals surface area (Å²) in [6.07, 6.45) is 2.72. The Morgan fingerprint density at radius 1 is 1.03 bits per heavy atom. The molecule has 0 aromatic heterocycles. The fourth-order valence-electron chi connectivity index (χ4n) is 3.91. The molecule has 0 heterocycles. The highest BCUT2D eigenvalue weighted by Gasteiger charge is 2.43. The van der Waals surface area contributed by atoms with Crippen LogP contribution >= 0.6 is 0 Å². The Balaban J connectivity index is 3.53. The van der Waals surface area contributed by atoms with Gasteiger partial charge in [-0.15, -0.1) is 0 Å². The molecule has 0 fully saturated rings. The molecule has 0 saturated heterocycles. The second-order valence-electron chi connectivity index (χ2n) is 11.3. The third kappa shape index (κ3) is 9.36. The van der Waals surface area contributed by atoms with E-state index in [1.807, 2.05) is 34.6 Å². The van der Waals surface area contributed by atoms with Crippen molar-refractivity contribution in [1.82, 2.24) is 15.5 Å². The number of benzene rings is 1. The molecule has 8 heteroatoms. The first-order valence-corrected chi connectivity index (χ1v) is 13.0. The number of nitrogens with zero attached hydrogens (tertiary/aromatic N) is 1. The lowest BCUT2D eigenvalue weighted by atomic mass is 9.91. The lowest BCUT2D eigenvalue weighted by Gasteiger charge is -2.44. The minimum atomic E-state index is -1.09. The van der Waals surface area contributed by atoms with Crippen molar-refractivity contribution in [2.24, 2.45) is 5.92 Å². The zero-order chi connectivity index (χ0) is 27.7. The molecule has 0 aliphatic rings. The molecule has 0 radical (unpaired) electrons. The quantitative estimate of drug-likeness (QED) is 0.353. The van der Waals surface area contributed by atoms with Gasteiger partial charge >= 0.3 is 6.09 Å². The first kappa shape index (κ1) is 31.3. The number of rotatable bonds is 11. The van der Waals surface area contributed by atoms with Crippen LogP contribution in [0.25, 0.3) is 0 Å². The van der Waals surface area contributed by atoms with Crippen LogP contribution in [0.3, 0.4) is 0 Å². The van der Waals surface area contributed by atoms with Gasteiger partial charge in [0.15, 0.2) is 0 Å². The molecule has 1 aromatic rings. The number of phenolic OH excluding ortho intramolecular Hbond substituents is 1. The van der Waals surface area contributed by atoms with Crippen molar-refractivity contribution in [3.05, 3.63) is 29.8 Å². The van der Waals surface area contributed by atoms with Gasteiger partial charge in [-0.25, -0.2) is 4.79 Å². The van der Waals surface area contributed by atoms with Gasteiger partial charge in [0, 0.05) is 17.6 Å². The number of alkyl carbamates (subject to hydrolysis) is 1. The van der Waals surface area contributed by atoms with Crippen LogP contribution in [0.5, 0.6) is 5.75 Å². The average Bonchev–Trinajstić information content (AvgIpc) is 2.76. The van der Waals surface area contributed by atoms with E-state index in [-0.39, 0.29) is 17.6 Å². The Morgan fingerprint density at radius 2 is 1.64 bits per heavy atom. The van der Waals surface area contributed by atoms with E-state index in [0.29, 0.717) is 18.5 Å². The maximum absolute atomic E-state index is 14.2. The van der Waals surface area contributed by atoms with Crippen LogP contribution in [0.15, 0.2) is 24.3 Å². The van der Waals surface area contributed by atoms with Gasteiger partial charge in [0.2, 0.25) is 11.8 Å². The van der Waals surface area contributed by atoms with E-state index < -0.39 is 35.2 Å². The topological polar surface area (TPSA) is 108 Å². The largest absolute Gasteiger partial charge is 0.508 e. The third-order valence-electron chi connectivity index (χ3n) is 5.93. The molecular formula is C28H47N3O5. The van der Waals surface area contributed by atoms with Crippen LogP contribution < -0.4 is 10.6 Å². The molecule has 0 spiro atoms. The molecule has 3 unspecified atom stereocenters. The second kappa shape index (κ2) is 13.5. The molecule has 0 bridgehead atoms. The number of ether oxygens (including phenoxy) is 1. The van der Waals surface area contributed by atoms with Gasteiger partial charge in [-0.1, -0.05) is 58.2 Å². The average molecular weight is 506 g/mol. The number of carbonyl (C=O) groups excluding carboxylic acids is 3. The van der Waals surface area contributed by atoms with Crippen molar-refractivity contribution in [3.63, 3.8) is 0 Å². The highest BCUT2D eigenvalue weighted by atomic mass is 16.6. The first-order valence-electron chi connectivity index (χ1n) is 13.0. The zero-order valence-electron chi connectivity index (χ0n) is 23.6. The zero-order valence-corrected chi connectivity index (χ0v) is 23.6. The van der Waals surface area contributed by atoms with Gasteiger partial charge < -0.3 is 25.4 Å². The summed E-state index contributed by atoms with van der Waals surface area (Å²) in [7, 11) is 0. The van der Waals surface area contributed by atoms with Crippen LogP contribution in [0, 0.1) is 5.92 Å². The van der Waals surface area contributed by atoms with Gasteiger partial charge in [-0.05, 0) is 59.9 Å². The van der Waals surface area contributed by atoms with E-state index >= 15 is 0 Å². The first-order chi connectivity index (χ1) is 16.6. The number of aromatic hydroxyl groups is 1. The Kier molecular flexibility index (Phi) is 11.7. The summed E-state index contributed by atoms with van der Waals surface area (Å²) in [4.78, 5) is 41.9. The van der Waals surface area contributed by atoms with Crippen molar-refractivity contribution < 1.29 is 24.2 Å². The summed E-state index contributed by atoms with van der Waals surface area (Å²) in [6, 6.07) is 4.53. The van der Waals surface area contributed by atoms with Crippen LogP contribution in [-0.4, -0.2) is 51.6 Å². The monoisotopic (exact) mass is 505 g/mol. The molecule has 1 aromatic carbocycles. The molecule has 0 saturated carbocycles. The maximum atomic E-state index is 14.2. The van der Waals surface area contributed by atoms with Crippen molar-refractivity contribution in [3.8, 4) is 5.75 Å².